The minimum Gasteiger partial charge on any atom is -0.476 e. The summed E-state index contributed by atoms with van der Waals surface area (Å²) < 4.78 is 1.74. The van der Waals surface area contributed by atoms with Crippen molar-refractivity contribution in [2.45, 2.75) is 93.5 Å². The van der Waals surface area contributed by atoms with Gasteiger partial charge in [-0.25, -0.2) is 9.78 Å². The van der Waals surface area contributed by atoms with E-state index in [-0.39, 0.29) is 17.3 Å². The summed E-state index contributed by atoms with van der Waals surface area (Å²) in [5.41, 5.74) is 0.0688. The number of aromatic carboxylic acids is 1. The standard InChI is InChI=1S/C26H31N3O4/c30-23-22(24(31)32)27-20-3-1-2-4-21(20)28(23)19-8-17-5-6-18(9-19)29(17)25-10-15-7-16(11-25)13-26(33,12-15)14-25/h1-4,15-19,33H,5-14H2,(H,31,32)/t15-,16?,17-,18+,19?,25?,26?/m1/s1. The first kappa shape index (κ1) is 20.2. The van der Waals surface area contributed by atoms with Gasteiger partial charge in [-0.15, -0.1) is 0 Å². The Kier molecular flexibility index (Phi) is 4.07. The number of para-hydroxylation sites is 2. The molecule has 2 aliphatic heterocycles. The third kappa shape index (κ3) is 2.84. The van der Waals surface area contributed by atoms with Gasteiger partial charge in [-0.1, -0.05) is 12.1 Å². The molecule has 8 rings (SSSR count). The van der Waals surface area contributed by atoms with E-state index in [1.54, 1.807) is 10.6 Å². The van der Waals surface area contributed by atoms with E-state index in [0.29, 0.717) is 29.4 Å². The van der Waals surface area contributed by atoms with Crippen LogP contribution in [-0.2, 0) is 0 Å². The van der Waals surface area contributed by atoms with Gasteiger partial charge in [0.25, 0.3) is 5.56 Å². The smallest absolute Gasteiger partial charge is 0.360 e. The molecule has 6 fully saturated rings. The molecule has 7 nitrogen and oxygen atoms in total. The fourth-order valence-electron chi connectivity index (χ4n) is 9.26. The van der Waals surface area contributed by atoms with Crippen LogP contribution in [-0.4, -0.2) is 53.9 Å². The first-order valence-corrected chi connectivity index (χ1v) is 12.6. The van der Waals surface area contributed by atoms with Crippen LogP contribution in [0, 0.1) is 11.8 Å². The number of carbonyl (C=O) groups is 1. The van der Waals surface area contributed by atoms with Gasteiger partial charge in [-0.2, -0.15) is 0 Å². The van der Waals surface area contributed by atoms with Gasteiger partial charge in [0.15, 0.2) is 0 Å². The highest BCUT2D eigenvalue weighted by Crippen LogP contribution is 2.62. The summed E-state index contributed by atoms with van der Waals surface area (Å²) in [6.45, 7) is 0. The summed E-state index contributed by atoms with van der Waals surface area (Å²) in [5.74, 6) is 0.0400. The van der Waals surface area contributed by atoms with Gasteiger partial charge >= 0.3 is 5.97 Å². The third-order valence-electron chi connectivity index (χ3n) is 9.62. The maximum atomic E-state index is 13.3. The molecule has 1 aromatic carbocycles. The zero-order chi connectivity index (χ0) is 22.5. The number of piperidine rings is 1. The Labute approximate surface area is 192 Å². The molecule has 174 valence electrons. The summed E-state index contributed by atoms with van der Waals surface area (Å²) in [7, 11) is 0. The maximum Gasteiger partial charge on any atom is 0.360 e. The molecule has 7 atom stereocenters. The van der Waals surface area contributed by atoms with E-state index in [4.69, 9.17) is 0 Å². The highest BCUT2D eigenvalue weighted by atomic mass is 16.4. The van der Waals surface area contributed by atoms with Crippen molar-refractivity contribution in [2.75, 3.05) is 0 Å². The topological polar surface area (TPSA) is 95.7 Å². The van der Waals surface area contributed by atoms with Crippen LogP contribution in [0.1, 0.15) is 80.7 Å². The summed E-state index contributed by atoms with van der Waals surface area (Å²) >= 11 is 0. The molecule has 2 N–H and O–H groups in total. The van der Waals surface area contributed by atoms with Crippen molar-refractivity contribution in [3.8, 4) is 0 Å². The van der Waals surface area contributed by atoms with Crippen LogP contribution in [0.15, 0.2) is 29.1 Å². The Morgan fingerprint density at radius 2 is 1.64 bits per heavy atom. The van der Waals surface area contributed by atoms with Crippen molar-refractivity contribution in [1.29, 1.82) is 0 Å². The molecule has 4 saturated carbocycles. The molecule has 0 radical (unpaired) electrons. The minimum absolute atomic E-state index is 0.0192. The van der Waals surface area contributed by atoms with Crippen molar-refractivity contribution in [1.82, 2.24) is 14.5 Å². The number of hydrogen-bond acceptors (Lipinski definition) is 5. The Morgan fingerprint density at radius 3 is 2.27 bits per heavy atom. The molecule has 0 amide bonds. The summed E-state index contributed by atoms with van der Waals surface area (Å²) in [5, 5.41) is 20.9. The normalized spacial score (nSPS) is 41.7. The number of hydrogen-bond donors (Lipinski definition) is 2. The molecule has 2 aromatic rings. The number of benzene rings is 1. The molecule has 2 saturated heterocycles. The van der Waals surface area contributed by atoms with Gasteiger partial charge in [0.05, 0.1) is 16.6 Å². The first-order chi connectivity index (χ1) is 15.8. The van der Waals surface area contributed by atoms with Crippen molar-refractivity contribution in [3.05, 3.63) is 40.3 Å². The average molecular weight is 450 g/mol. The lowest BCUT2D eigenvalue weighted by Crippen LogP contribution is -2.68. The molecule has 0 spiro atoms. The number of aliphatic hydroxyl groups is 1. The Bertz CT molecular complexity index is 1190. The van der Waals surface area contributed by atoms with E-state index >= 15 is 0 Å². The van der Waals surface area contributed by atoms with Crippen molar-refractivity contribution < 1.29 is 15.0 Å². The van der Waals surface area contributed by atoms with Crippen LogP contribution in [0.5, 0.6) is 0 Å². The average Bonchev–Trinajstić information content (AvgIpc) is 3.03. The largest absolute Gasteiger partial charge is 0.476 e. The quantitative estimate of drug-likeness (QED) is 0.746. The van der Waals surface area contributed by atoms with Crippen LogP contribution >= 0.6 is 0 Å². The highest BCUT2D eigenvalue weighted by Gasteiger charge is 2.62. The summed E-state index contributed by atoms with van der Waals surface area (Å²) in [6.07, 6.45) is 10.5. The van der Waals surface area contributed by atoms with Crippen LogP contribution in [0.2, 0.25) is 0 Å². The van der Waals surface area contributed by atoms with E-state index < -0.39 is 17.1 Å². The number of aromatic nitrogens is 2. The third-order valence-corrected chi connectivity index (χ3v) is 9.62. The van der Waals surface area contributed by atoms with Gasteiger partial charge in [0, 0.05) is 23.7 Å². The number of carboxylic acid groups (broad SMARTS) is 1. The highest BCUT2D eigenvalue weighted by molar-refractivity contribution is 5.88. The molecule has 6 bridgehead atoms. The first-order valence-electron chi connectivity index (χ1n) is 12.6. The molecule has 33 heavy (non-hydrogen) atoms. The van der Waals surface area contributed by atoms with E-state index in [9.17, 15) is 19.8 Å². The van der Waals surface area contributed by atoms with Gasteiger partial charge in [0.2, 0.25) is 5.69 Å². The molecule has 6 aliphatic rings. The van der Waals surface area contributed by atoms with Gasteiger partial charge in [-0.05, 0) is 88.2 Å². The van der Waals surface area contributed by atoms with Crippen molar-refractivity contribution in [3.63, 3.8) is 0 Å². The monoisotopic (exact) mass is 449 g/mol. The SMILES string of the molecule is O=C(O)c1nc2ccccc2n(C2C[C@H]3CC[C@@H](C2)N3C23CC4C[C@@H](CC(O)(C4)C2)C3)c1=O. The van der Waals surface area contributed by atoms with E-state index in [1.165, 1.54) is 19.3 Å². The fourth-order valence-corrected chi connectivity index (χ4v) is 9.26. The Morgan fingerprint density at radius 1 is 0.970 bits per heavy atom. The summed E-state index contributed by atoms with van der Waals surface area (Å²) in [6, 6.07) is 8.16. The zero-order valence-corrected chi connectivity index (χ0v) is 18.8. The van der Waals surface area contributed by atoms with Crippen LogP contribution < -0.4 is 5.56 Å². The number of nitrogens with zero attached hydrogens (tertiary/aromatic N) is 3. The molecular formula is C26H31N3O4. The maximum absolute atomic E-state index is 13.3. The lowest BCUT2D eigenvalue weighted by molar-refractivity contribution is -0.190. The lowest BCUT2D eigenvalue weighted by Gasteiger charge is -2.65. The molecule has 4 aliphatic carbocycles. The fraction of sp³-hybridized carbons (Fsp3) is 0.654. The van der Waals surface area contributed by atoms with Crippen molar-refractivity contribution >= 4 is 17.0 Å². The van der Waals surface area contributed by atoms with Crippen LogP contribution in [0.3, 0.4) is 0 Å². The molecule has 1 aromatic heterocycles. The molecule has 7 heteroatoms. The zero-order valence-electron chi connectivity index (χ0n) is 18.8. The van der Waals surface area contributed by atoms with Gasteiger partial charge in [-0.3, -0.25) is 9.69 Å². The van der Waals surface area contributed by atoms with E-state index in [0.717, 1.165) is 50.5 Å². The van der Waals surface area contributed by atoms with Crippen LogP contribution in [0.25, 0.3) is 11.0 Å². The van der Waals surface area contributed by atoms with Crippen LogP contribution in [0.4, 0.5) is 0 Å². The second-order valence-corrected chi connectivity index (χ2v) is 11.8. The Balaban J connectivity index is 1.27. The number of carboxylic acids is 1. The second-order valence-electron chi connectivity index (χ2n) is 11.8. The van der Waals surface area contributed by atoms with E-state index in [2.05, 4.69) is 9.88 Å². The molecular weight excluding hydrogens is 418 g/mol. The number of fused-ring (bicyclic) bond motifs is 3. The predicted molar refractivity (Wildman–Crippen MR) is 122 cm³/mol. The summed E-state index contributed by atoms with van der Waals surface area (Å²) in [4.78, 5) is 32.0. The van der Waals surface area contributed by atoms with Gasteiger partial charge in [0.1, 0.15) is 0 Å². The second kappa shape index (κ2) is 6.66. The van der Waals surface area contributed by atoms with Crippen molar-refractivity contribution in [2.24, 2.45) is 11.8 Å². The molecule has 4 unspecified atom stereocenters. The number of rotatable bonds is 3. The minimum atomic E-state index is -1.26. The molecule has 3 heterocycles. The lowest BCUT2D eigenvalue weighted by atomic mass is 9.50. The van der Waals surface area contributed by atoms with Gasteiger partial charge < -0.3 is 14.8 Å². The van der Waals surface area contributed by atoms with E-state index in [1.807, 2.05) is 18.2 Å². The Hall–Kier alpha value is -2.25. The predicted octanol–water partition coefficient (Wildman–Crippen LogP) is 3.35.